The third kappa shape index (κ3) is 6.45. The molecule has 1 saturated carbocycles. The molecule has 3 N–H and O–H groups in total. The number of hydrogen-bond acceptors (Lipinski definition) is 3. The summed E-state index contributed by atoms with van der Waals surface area (Å²) < 4.78 is 21.4. The Labute approximate surface area is 99.0 Å². The average molecular weight is 248 g/mol. The van der Waals surface area contributed by atoms with Gasteiger partial charge in [-0.1, -0.05) is 19.8 Å². The second-order valence-electron chi connectivity index (χ2n) is 5.06. The smallest absolute Gasteiger partial charge is 0.209 e. The summed E-state index contributed by atoms with van der Waals surface area (Å²) in [6, 6.07) is 0. The summed E-state index contributed by atoms with van der Waals surface area (Å²) in [5.41, 5.74) is 0. The van der Waals surface area contributed by atoms with Gasteiger partial charge in [-0.15, -0.1) is 0 Å². The van der Waals surface area contributed by atoms with Crippen LogP contribution in [-0.2, 0) is 10.0 Å². The molecule has 16 heavy (non-hydrogen) atoms. The topological polar surface area (TPSA) is 72.2 Å². The van der Waals surface area contributed by atoms with Gasteiger partial charge in [-0.2, -0.15) is 0 Å². The normalized spacial score (nSPS) is 26.9. The molecule has 2 unspecified atom stereocenters. The van der Waals surface area contributed by atoms with E-state index in [9.17, 15) is 8.42 Å². The SMILES string of the molecule is CC1CCCC(CNCCCS(N)(=O)=O)C1. The van der Waals surface area contributed by atoms with Crippen molar-refractivity contribution in [3.63, 3.8) is 0 Å². The summed E-state index contributed by atoms with van der Waals surface area (Å²) in [6.45, 7) is 4.09. The van der Waals surface area contributed by atoms with Crippen LogP contribution in [0.15, 0.2) is 0 Å². The molecule has 0 aromatic rings. The van der Waals surface area contributed by atoms with Gasteiger partial charge in [-0.05, 0) is 44.2 Å². The Morgan fingerprint density at radius 3 is 2.75 bits per heavy atom. The van der Waals surface area contributed by atoms with Gasteiger partial charge in [0.05, 0.1) is 5.75 Å². The predicted molar refractivity (Wildman–Crippen MR) is 66.6 cm³/mol. The number of nitrogens with one attached hydrogen (secondary N) is 1. The van der Waals surface area contributed by atoms with Crippen molar-refractivity contribution in [2.24, 2.45) is 17.0 Å². The number of hydrogen-bond donors (Lipinski definition) is 2. The van der Waals surface area contributed by atoms with E-state index in [1.807, 2.05) is 0 Å². The molecule has 0 bridgehead atoms. The summed E-state index contributed by atoms with van der Waals surface area (Å²) in [4.78, 5) is 0. The van der Waals surface area contributed by atoms with Gasteiger partial charge in [0.1, 0.15) is 0 Å². The Kier molecular flexibility index (Phi) is 5.72. The molecule has 1 aliphatic rings. The summed E-state index contributed by atoms with van der Waals surface area (Å²) in [7, 11) is -3.28. The fourth-order valence-electron chi connectivity index (χ4n) is 2.45. The number of sulfonamides is 1. The quantitative estimate of drug-likeness (QED) is 0.691. The van der Waals surface area contributed by atoms with E-state index in [1.165, 1.54) is 25.7 Å². The molecule has 0 spiro atoms. The third-order valence-corrected chi connectivity index (χ3v) is 4.12. The zero-order valence-corrected chi connectivity index (χ0v) is 10.9. The van der Waals surface area contributed by atoms with Gasteiger partial charge >= 0.3 is 0 Å². The molecule has 2 atom stereocenters. The Bertz CT molecular complexity index is 290. The highest BCUT2D eigenvalue weighted by Crippen LogP contribution is 2.27. The van der Waals surface area contributed by atoms with E-state index in [1.54, 1.807) is 0 Å². The first kappa shape index (κ1) is 13.9. The standard InChI is InChI=1S/C11H24N2O2S/c1-10-4-2-5-11(8-10)9-13-6-3-7-16(12,14)15/h10-11,13H,2-9H2,1H3,(H2,12,14,15). The Hall–Kier alpha value is -0.130. The molecule has 0 aromatic heterocycles. The van der Waals surface area contributed by atoms with E-state index in [0.29, 0.717) is 6.42 Å². The van der Waals surface area contributed by atoms with Gasteiger partial charge in [0.2, 0.25) is 10.0 Å². The molecule has 0 aromatic carbocycles. The molecule has 0 aliphatic heterocycles. The number of nitrogens with two attached hydrogens (primary N) is 1. The zero-order chi connectivity index (χ0) is 12.0. The van der Waals surface area contributed by atoms with Gasteiger partial charge in [-0.3, -0.25) is 0 Å². The van der Waals surface area contributed by atoms with Crippen LogP contribution >= 0.6 is 0 Å². The Morgan fingerprint density at radius 1 is 1.38 bits per heavy atom. The van der Waals surface area contributed by atoms with E-state index in [4.69, 9.17) is 5.14 Å². The lowest BCUT2D eigenvalue weighted by atomic mass is 9.82. The van der Waals surface area contributed by atoms with Crippen molar-refractivity contribution in [1.82, 2.24) is 5.32 Å². The fourth-order valence-corrected chi connectivity index (χ4v) is 3.00. The van der Waals surface area contributed by atoms with Crippen molar-refractivity contribution in [3.05, 3.63) is 0 Å². The largest absolute Gasteiger partial charge is 0.316 e. The molecule has 0 radical (unpaired) electrons. The van der Waals surface area contributed by atoms with Crippen LogP contribution in [0.25, 0.3) is 0 Å². The first-order valence-electron chi connectivity index (χ1n) is 6.18. The first-order valence-corrected chi connectivity index (χ1v) is 7.90. The summed E-state index contributed by atoms with van der Waals surface area (Å²) in [5.74, 6) is 1.71. The summed E-state index contributed by atoms with van der Waals surface area (Å²) >= 11 is 0. The zero-order valence-electron chi connectivity index (χ0n) is 10.1. The number of rotatable bonds is 6. The van der Waals surface area contributed by atoms with Gasteiger partial charge in [0.15, 0.2) is 0 Å². The maximum Gasteiger partial charge on any atom is 0.209 e. The first-order chi connectivity index (χ1) is 7.47. The molecule has 5 heteroatoms. The minimum atomic E-state index is -3.28. The van der Waals surface area contributed by atoms with E-state index in [2.05, 4.69) is 12.2 Å². The van der Waals surface area contributed by atoms with Crippen molar-refractivity contribution in [2.45, 2.75) is 39.0 Å². The molecular weight excluding hydrogens is 224 g/mol. The van der Waals surface area contributed by atoms with Crippen LogP contribution < -0.4 is 10.5 Å². The molecule has 0 heterocycles. The lowest BCUT2D eigenvalue weighted by Crippen LogP contribution is -2.28. The van der Waals surface area contributed by atoms with Crippen LogP contribution in [0.1, 0.15) is 39.0 Å². The highest BCUT2D eigenvalue weighted by atomic mass is 32.2. The molecule has 1 fully saturated rings. The fraction of sp³-hybridized carbons (Fsp3) is 1.00. The second kappa shape index (κ2) is 6.57. The van der Waals surface area contributed by atoms with Crippen LogP contribution in [0.5, 0.6) is 0 Å². The lowest BCUT2D eigenvalue weighted by molar-refractivity contribution is 0.275. The highest BCUT2D eigenvalue weighted by molar-refractivity contribution is 7.89. The van der Waals surface area contributed by atoms with Crippen molar-refractivity contribution in [3.8, 4) is 0 Å². The molecular formula is C11H24N2O2S. The minimum Gasteiger partial charge on any atom is -0.316 e. The van der Waals surface area contributed by atoms with E-state index in [0.717, 1.165) is 24.9 Å². The second-order valence-corrected chi connectivity index (χ2v) is 6.80. The average Bonchev–Trinajstić information content (AvgIpc) is 2.15. The molecule has 0 saturated heterocycles. The Balaban J connectivity index is 2.02. The van der Waals surface area contributed by atoms with Gasteiger partial charge in [0, 0.05) is 0 Å². The molecule has 1 rings (SSSR count). The predicted octanol–water partition coefficient (Wildman–Crippen LogP) is 1.08. The van der Waals surface area contributed by atoms with E-state index in [-0.39, 0.29) is 5.75 Å². The Morgan fingerprint density at radius 2 is 2.12 bits per heavy atom. The van der Waals surface area contributed by atoms with Gasteiger partial charge in [-0.25, -0.2) is 13.6 Å². The number of primary sulfonamides is 1. The van der Waals surface area contributed by atoms with Gasteiger partial charge in [0.25, 0.3) is 0 Å². The summed E-state index contributed by atoms with van der Waals surface area (Å²) in [6.07, 6.45) is 5.93. The highest BCUT2D eigenvalue weighted by Gasteiger charge is 2.18. The van der Waals surface area contributed by atoms with Crippen LogP contribution in [0.3, 0.4) is 0 Å². The molecule has 1 aliphatic carbocycles. The van der Waals surface area contributed by atoms with Crippen molar-refractivity contribution in [2.75, 3.05) is 18.8 Å². The van der Waals surface area contributed by atoms with Crippen molar-refractivity contribution < 1.29 is 8.42 Å². The van der Waals surface area contributed by atoms with Crippen LogP contribution in [-0.4, -0.2) is 27.3 Å². The molecule has 96 valence electrons. The van der Waals surface area contributed by atoms with E-state index >= 15 is 0 Å². The maximum absolute atomic E-state index is 10.7. The van der Waals surface area contributed by atoms with E-state index < -0.39 is 10.0 Å². The van der Waals surface area contributed by atoms with Crippen LogP contribution in [0.2, 0.25) is 0 Å². The molecule has 0 amide bonds. The van der Waals surface area contributed by atoms with Crippen LogP contribution in [0, 0.1) is 11.8 Å². The maximum atomic E-state index is 10.7. The summed E-state index contributed by atoms with van der Waals surface area (Å²) in [5, 5.41) is 8.25. The van der Waals surface area contributed by atoms with Crippen molar-refractivity contribution >= 4 is 10.0 Å². The van der Waals surface area contributed by atoms with Crippen LogP contribution in [0.4, 0.5) is 0 Å². The van der Waals surface area contributed by atoms with Crippen molar-refractivity contribution in [1.29, 1.82) is 0 Å². The monoisotopic (exact) mass is 248 g/mol. The minimum absolute atomic E-state index is 0.0844. The third-order valence-electron chi connectivity index (χ3n) is 3.26. The molecule has 4 nitrogen and oxygen atoms in total. The van der Waals surface area contributed by atoms with Gasteiger partial charge < -0.3 is 5.32 Å². The lowest BCUT2D eigenvalue weighted by Gasteiger charge is -2.26.